The molecule has 27 heavy (non-hydrogen) atoms. The SMILES string of the molecule is CCN1CCN(C(c2ccc(F)cc2)c2nnnn2Cc2ccco2)CC1. The second kappa shape index (κ2) is 7.98. The van der Waals surface area contributed by atoms with E-state index in [4.69, 9.17) is 4.42 Å². The number of halogens is 1. The van der Waals surface area contributed by atoms with Crippen molar-refractivity contribution in [1.82, 2.24) is 30.0 Å². The summed E-state index contributed by atoms with van der Waals surface area (Å²) in [6.07, 6.45) is 1.64. The molecule has 3 heterocycles. The normalized spacial score (nSPS) is 17.3. The number of benzene rings is 1. The maximum absolute atomic E-state index is 13.5. The smallest absolute Gasteiger partial charge is 0.173 e. The zero-order valence-corrected chi connectivity index (χ0v) is 15.3. The van der Waals surface area contributed by atoms with Gasteiger partial charge in [-0.2, -0.15) is 0 Å². The lowest BCUT2D eigenvalue weighted by molar-refractivity contribution is 0.108. The average Bonchev–Trinajstić information content (AvgIpc) is 3.37. The first kappa shape index (κ1) is 17.8. The fraction of sp³-hybridized carbons (Fsp3) is 0.421. The predicted molar refractivity (Wildman–Crippen MR) is 97.6 cm³/mol. The average molecular weight is 370 g/mol. The Balaban J connectivity index is 1.66. The molecule has 2 aromatic heterocycles. The van der Waals surface area contributed by atoms with Gasteiger partial charge < -0.3 is 9.32 Å². The minimum Gasteiger partial charge on any atom is -0.467 e. The van der Waals surface area contributed by atoms with Gasteiger partial charge in [0.2, 0.25) is 0 Å². The van der Waals surface area contributed by atoms with Gasteiger partial charge in [0.25, 0.3) is 0 Å². The summed E-state index contributed by atoms with van der Waals surface area (Å²) in [5.74, 6) is 1.28. The molecule has 1 aliphatic rings. The molecular weight excluding hydrogens is 347 g/mol. The number of tetrazole rings is 1. The van der Waals surface area contributed by atoms with Crippen LogP contribution in [-0.4, -0.2) is 62.7 Å². The molecule has 1 aromatic carbocycles. The third kappa shape index (κ3) is 3.91. The maximum atomic E-state index is 13.5. The minimum atomic E-state index is -0.247. The number of furan rings is 1. The summed E-state index contributed by atoms with van der Waals surface area (Å²) in [5.41, 5.74) is 0.983. The zero-order valence-electron chi connectivity index (χ0n) is 15.3. The maximum Gasteiger partial charge on any atom is 0.173 e. The number of hydrogen-bond donors (Lipinski definition) is 0. The Bertz CT molecular complexity index is 839. The summed E-state index contributed by atoms with van der Waals surface area (Å²) in [4.78, 5) is 4.79. The van der Waals surface area contributed by atoms with Crippen molar-refractivity contribution >= 4 is 0 Å². The highest BCUT2D eigenvalue weighted by atomic mass is 19.1. The van der Waals surface area contributed by atoms with E-state index in [1.165, 1.54) is 12.1 Å². The number of rotatable bonds is 6. The van der Waals surface area contributed by atoms with Gasteiger partial charge in [-0.3, -0.25) is 4.90 Å². The molecule has 0 amide bonds. The second-order valence-electron chi connectivity index (χ2n) is 6.70. The highest BCUT2D eigenvalue weighted by Crippen LogP contribution is 2.28. The summed E-state index contributed by atoms with van der Waals surface area (Å²) >= 11 is 0. The molecule has 0 spiro atoms. The summed E-state index contributed by atoms with van der Waals surface area (Å²) in [5, 5.41) is 12.4. The number of aromatic nitrogens is 4. The molecule has 1 saturated heterocycles. The van der Waals surface area contributed by atoms with Crippen molar-refractivity contribution in [3.8, 4) is 0 Å². The lowest BCUT2D eigenvalue weighted by atomic mass is 10.0. The molecule has 1 fully saturated rings. The van der Waals surface area contributed by atoms with Crippen molar-refractivity contribution in [1.29, 1.82) is 0 Å². The van der Waals surface area contributed by atoms with Gasteiger partial charge in [-0.1, -0.05) is 19.1 Å². The van der Waals surface area contributed by atoms with Gasteiger partial charge in [-0.15, -0.1) is 5.10 Å². The van der Waals surface area contributed by atoms with Crippen molar-refractivity contribution in [3.05, 3.63) is 65.6 Å². The summed E-state index contributed by atoms with van der Waals surface area (Å²) in [7, 11) is 0. The van der Waals surface area contributed by atoms with Gasteiger partial charge >= 0.3 is 0 Å². The van der Waals surface area contributed by atoms with Crippen LogP contribution in [-0.2, 0) is 6.54 Å². The first-order valence-corrected chi connectivity index (χ1v) is 9.25. The van der Waals surface area contributed by atoms with Crippen LogP contribution in [0.25, 0.3) is 0 Å². The molecule has 1 aliphatic heterocycles. The van der Waals surface area contributed by atoms with Crippen LogP contribution < -0.4 is 0 Å². The van der Waals surface area contributed by atoms with E-state index in [0.29, 0.717) is 6.54 Å². The molecule has 8 heteroatoms. The summed E-state index contributed by atoms with van der Waals surface area (Å²) in [6, 6.07) is 10.2. The van der Waals surface area contributed by atoms with Crippen LogP contribution in [0.15, 0.2) is 47.1 Å². The van der Waals surface area contributed by atoms with Crippen molar-refractivity contribution in [2.24, 2.45) is 0 Å². The van der Waals surface area contributed by atoms with E-state index >= 15 is 0 Å². The molecular formula is C19H23FN6O. The Hall–Kier alpha value is -2.58. The van der Waals surface area contributed by atoms with E-state index in [1.54, 1.807) is 10.9 Å². The van der Waals surface area contributed by atoms with Crippen LogP contribution in [0.4, 0.5) is 4.39 Å². The van der Waals surface area contributed by atoms with Crippen LogP contribution >= 0.6 is 0 Å². The lowest BCUT2D eigenvalue weighted by Gasteiger charge is -2.38. The Morgan fingerprint density at radius 2 is 1.89 bits per heavy atom. The monoisotopic (exact) mass is 370 g/mol. The highest BCUT2D eigenvalue weighted by Gasteiger charge is 2.30. The van der Waals surface area contributed by atoms with Crippen molar-refractivity contribution in [2.45, 2.75) is 19.5 Å². The van der Waals surface area contributed by atoms with Gasteiger partial charge in [-0.25, -0.2) is 9.07 Å². The molecule has 4 rings (SSSR count). The minimum absolute atomic E-state index is 0.130. The zero-order chi connectivity index (χ0) is 18.6. The van der Waals surface area contributed by atoms with Crippen LogP contribution in [0.5, 0.6) is 0 Å². The van der Waals surface area contributed by atoms with E-state index < -0.39 is 0 Å². The van der Waals surface area contributed by atoms with Crippen molar-refractivity contribution < 1.29 is 8.81 Å². The molecule has 142 valence electrons. The molecule has 0 aliphatic carbocycles. The highest BCUT2D eigenvalue weighted by molar-refractivity contribution is 5.25. The fourth-order valence-corrected chi connectivity index (χ4v) is 3.58. The largest absolute Gasteiger partial charge is 0.467 e. The molecule has 1 unspecified atom stereocenters. The van der Waals surface area contributed by atoms with Gasteiger partial charge in [0.05, 0.1) is 12.3 Å². The molecule has 0 N–H and O–H groups in total. The fourth-order valence-electron chi connectivity index (χ4n) is 3.58. The number of likely N-dealkylation sites (N-methyl/N-ethyl adjacent to an activating group) is 1. The molecule has 0 radical (unpaired) electrons. The third-order valence-corrected chi connectivity index (χ3v) is 5.09. The standard InChI is InChI=1S/C19H23FN6O/c1-2-24-9-11-25(12-10-24)18(15-5-7-16(20)8-6-15)19-21-22-23-26(19)14-17-4-3-13-27-17/h3-8,13,18H,2,9-12,14H2,1H3. The van der Waals surface area contributed by atoms with Gasteiger partial charge in [0.1, 0.15) is 18.1 Å². The van der Waals surface area contributed by atoms with Gasteiger partial charge in [-0.05, 0) is 46.8 Å². The Morgan fingerprint density at radius 3 is 2.56 bits per heavy atom. The molecule has 7 nitrogen and oxygen atoms in total. The Morgan fingerprint density at radius 1 is 1.11 bits per heavy atom. The van der Waals surface area contributed by atoms with Gasteiger partial charge in [0.15, 0.2) is 5.82 Å². The second-order valence-corrected chi connectivity index (χ2v) is 6.70. The lowest BCUT2D eigenvalue weighted by Crippen LogP contribution is -2.48. The molecule has 3 aromatic rings. The van der Waals surface area contributed by atoms with Crippen LogP contribution in [0, 0.1) is 5.82 Å². The molecule has 1 atom stereocenters. The van der Waals surface area contributed by atoms with Crippen LogP contribution in [0.2, 0.25) is 0 Å². The van der Waals surface area contributed by atoms with E-state index in [-0.39, 0.29) is 11.9 Å². The van der Waals surface area contributed by atoms with Gasteiger partial charge in [0, 0.05) is 26.2 Å². The molecule has 0 saturated carbocycles. The summed E-state index contributed by atoms with van der Waals surface area (Å²) < 4.78 is 20.7. The van der Waals surface area contributed by atoms with Crippen LogP contribution in [0.3, 0.4) is 0 Å². The first-order chi connectivity index (χ1) is 13.2. The summed E-state index contributed by atoms with van der Waals surface area (Å²) in [6.45, 7) is 7.49. The quantitative estimate of drug-likeness (QED) is 0.663. The predicted octanol–water partition coefficient (Wildman–Crippen LogP) is 2.18. The van der Waals surface area contributed by atoms with Crippen molar-refractivity contribution in [3.63, 3.8) is 0 Å². The van der Waals surface area contributed by atoms with E-state index in [9.17, 15) is 4.39 Å². The number of piperazine rings is 1. The number of nitrogens with zero attached hydrogens (tertiary/aromatic N) is 6. The Kier molecular flexibility index (Phi) is 5.26. The van der Waals surface area contributed by atoms with E-state index in [1.807, 2.05) is 24.3 Å². The topological polar surface area (TPSA) is 63.2 Å². The first-order valence-electron chi connectivity index (χ1n) is 9.25. The van der Waals surface area contributed by atoms with E-state index in [2.05, 4.69) is 32.2 Å². The molecule has 0 bridgehead atoms. The number of hydrogen-bond acceptors (Lipinski definition) is 6. The Labute approximate surface area is 157 Å². The third-order valence-electron chi connectivity index (χ3n) is 5.09. The van der Waals surface area contributed by atoms with E-state index in [0.717, 1.165) is 49.9 Å². The van der Waals surface area contributed by atoms with Crippen LogP contribution in [0.1, 0.15) is 30.1 Å². The van der Waals surface area contributed by atoms with Crippen molar-refractivity contribution in [2.75, 3.05) is 32.7 Å².